The molecule has 0 bridgehead atoms. The first-order valence-electron chi connectivity index (χ1n) is 5.71. The van der Waals surface area contributed by atoms with E-state index >= 15 is 0 Å². The van der Waals surface area contributed by atoms with Crippen molar-refractivity contribution in [3.05, 3.63) is 42.0 Å². The number of guanidine groups is 1. The van der Waals surface area contributed by atoms with E-state index in [1.807, 2.05) is 44.4 Å². The largest absolute Gasteiger partial charge is 0.349 e. The topological polar surface area (TPSA) is 35.9 Å². The average Bonchev–Trinajstić information content (AvgIpc) is 2.37. The monoisotopic (exact) mass is 245 g/mol. The number of amides is 1. The predicted molar refractivity (Wildman–Crippen MR) is 75.3 cm³/mol. The maximum Gasteiger partial charge on any atom is 0.253 e. The number of carbonyl (C=O) groups excluding carboxylic acids is 1. The van der Waals surface area contributed by atoms with Gasteiger partial charge in [-0.1, -0.05) is 30.3 Å². The van der Waals surface area contributed by atoms with Gasteiger partial charge < -0.3 is 4.90 Å². The molecule has 18 heavy (non-hydrogen) atoms. The second-order valence-electron chi connectivity index (χ2n) is 4.06. The molecule has 0 N–H and O–H groups in total. The third kappa shape index (κ3) is 3.73. The Kier molecular flexibility index (Phi) is 5.11. The highest BCUT2D eigenvalue weighted by Gasteiger charge is 2.13. The Bertz CT molecular complexity index is 449. The first-order valence-corrected chi connectivity index (χ1v) is 5.71. The van der Waals surface area contributed by atoms with E-state index in [9.17, 15) is 4.79 Å². The molecule has 0 aliphatic heterocycles. The molecule has 0 heterocycles. The molecule has 1 aromatic rings. The fraction of sp³-hybridized carbons (Fsp3) is 0.286. The minimum Gasteiger partial charge on any atom is -0.349 e. The van der Waals surface area contributed by atoms with Crippen molar-refractivity contribution in [2.45, 2.75) is 0 Å². The van der Waals surface area contributed by atoms with Crippen LogP contribution in [-0.2, 0) is 4.79 Å². The van der Waals surface area contributed by atoms with Gasteiger partial charge in [0, 0.05) is 34.3 Å². The lowest BCUT2D eigenvalue weighted by Crippen LogP contribution is -2.40. The molecular formula is C14H19N3O. The quantitative estimate of drug-likeness (QED) is 0.452. The SMILES string of the molecule is C/N=C(/N(C)C)N(C)C(=O)/C=C/c1ccccc1. The third-order valence-corrected chi connectivity index (χ3v) is 2.45. The maximum atomic E-state index is 12.0. The van der Waals surface area contributed by atoms with Crippen LogP contribution >= 0.6 is 0 Å². The summed E-state index contributed by atoms with van der Waals surface area (Å²) in [6.07, 6.45) is 3.34. The Labute approximate surface area is 108 Å². The Morgan fingerprint density at radius 3 is 2.28 bits per heavy atom. The van der Waals surface area contributed by atoms with Crippen molar-refractivity contribution < 1.29 is 4.79 Å². The Balaban J connectivity index is 2.74. The van der Waals surface area contributed by atoms with Crippen LogP contribution in [0.5, 0.6) is 0 Å². The second kappa shape index (κ2) is 6.59. The zero-order chi connectivity index (χ0) is 13.5. The van der Waals surface area contributed by atoms with E-state index in [1.54, 1.807) is 31.1 Å². The van der Waals surface area contributed by atoms with Gasteiger partial charge in [0.1, 0.15) is 0 Å². The zero-order valence-corrected chi connectivity index (χ0v) is 11.3. The minimum absolute atomic E-state index is 0.104. The number of aliphatic imine (C=N–C) groups is 1. The van der Waals surface area contributed by atoms with Crippen LogP contribution in [-0.4, -0.2) is 49.9 Å². The highest BCUT2D eigenvalue weighted by Crippen LogP contribution is 2.02. The molecule has 0 aromatic heterocycles. The van der Waals surface area contributed by atoms with E-state index < -0.39 is 0 Å². The molecule has 0 spiro atoms. The van der Waals surface area contributed by atoms with Crippen molar-refractivity contribution in [1.82, 2.24) is 9.80 Å². The minimum atomic E-state index is -0.104. The third-order valence-electron chi connectivity index (χ3n) is 2.45. The molecule has 1 aromatic carbocycles. The fourth-order valence-corrected chi connectivity index (χ4v) is 1.59. The normalized spacial score (nSPS) is 11.7. The van der Waals surface area contributed by atoms with Crippen molar-refractivity contribution in [2.24, 2.45) is 4.99 Å². The van der Waals surface area contributed by atoms with Gasteiger partial charge in [-0.3, -0.25) is 14.7 Å². The van der Waals surface area contributed by atoms with Crippen LogP contribution in [0.1, 0.15) is 5.56 Å². The van der Waals surface area contributed by atoms with Crippen molar-refractivity contribution in [1.29, 1.82) is 0 Å². The lowest BCUT2D eigenvalue weighted by molar-refractivity contribution is -0.121. The maximum absolute atomic E-state index is 12.0. The van der Waals surface area contributed by atoms with Crippen LogP contribution in [0.25, 0.3) is 6.08 Å². The van der Waals surface area contributed by atoms with Crippen LogP contribution in [0.3, 0.4) is 0 Å². The van der Waals surface area contributed by atoms with E-state index in [0.717, 1.165) is 5.56 Å². The first kappa shape index (κ1) is 14.0. The summed E-state index contributed by atoms with van der Waals surface area (Å²) in [6, 6.07) is 9.72. The Hall–Kier alpha value is -2.10. The fourth-order valence-electron chi connectivity index (χ4n) is 1.59. The zero-order valence-electron chi connectivity index (χ0n) is 11.3. The summed E-state index contributed by atoms with van der Waals surface area (Å²) in [5.74, 6) is 0.519. The second-order valence-corrected chi connectivity index (χ2v) is 4.06. The standard InChI is InChI=1S/C14H19N3O/c1-15-14(16(2)3)17(4)13(18)11-10-12-8-6-5-7-9-12/h5-11H,1-4H3/b11-10+,15-14-. The number of nitrogens with zero attached hydrogens (tertiary/aromatic N) is 3. The molecule has 0 saturated heterocycles. The van der Waals surface area contributed by atoms with Crippen LogP contribution < -0.4 is 0 Å². The van der Waals surface area contributed by atoms with Crippen LogP contribution in [0, 0.1) is 0 Å². The van der Waals surface area contributed by atoms with Gasteiger partial charge in [-0.15, -0.1) is 0 Å². The average molecular weight is 245 g/mol. The van der Waals surface area contributed by atoms with E-state index in [-0.39, 0.29) is 5.91 Å². The van der Waals surface area contributed by atoms with Crippen molar-refractivity contribution in [3.63, 3.8) is 0 Å². The number of hydrogen-bond donors (Lipinski definition) is 0. The van der Waals surface area contributed by atoms with Gasteiger partial charge in [-0.2, -0.15) is 0 Å². The summed E-state index contributed by atoms with van der Waals surface area (Å²) in [7, 11) is 7.08. The summed E-state index contributed by atoms with van der Waals surface area (Å²) in [5, 5.41) is 0. The summed E-state index contributed by atoms with van der Waals surface area (Å²) in [5.41, 5.74) is 0.999. The summed E-state index contributed by atoms with van der Waals surface area (Å²) in [6.45, 7) is 0. The number of rotatable bonds is 2. The Morgan fingerprint density at radius 2 is 1.78 bits per heavy atom. The molecule has 4 nitrogen and oxygen atoms in total. The molecule has 0 unspecified atom stereocenters. The molecule has 96 valence electrons. The number of carbonyl (C=O) groups is 1. The van der Waals surface area contributed by atoms with Crippen LogP contribution in [0.4, 0.5) is 0 Å². The number of benzene rings is 1. The predicted octanol–water partition coefficient (Wildman–Crippen LogP) is 1.71. The van der Waals surface area contributed by atoms with E-state index in [0.29, 0.717) is 5.96 Å². The van der Waals surface area contributed by atoms with Crippen LogP contribution in [0.15, 0.2) is 41.4 Å². The molecular weight excluding hydrogens is 226 g/mol. The van der Waals surface area contributed by atoms with E-state index in [4.69, 9.17) is 0 Å². The number of likely N-dealkylation sites (N-methyl/N-ethyl adjacent to an activating group) is 1. The van der Waals surface area contributed by atoms with Gasteiger partial charge in [0.25, 0.3) is 5.91 Å². The van der Waals surface area contributed by atoms with Crippen molar-refractivity contribution >= 4 is 17.9 Å². The van der Waals surface area contributed by atoms with E-state index in [1.165, 1.54) is 4.90 Å². The highest BCUT2D eigenvalue weighted by atomic mass is 16.2. The molecule has 0 aliphatic rings. The lowest BCUT2D eigenvalue weighted by Gasteiger charge is -2.23. The highest BCUT2D eigenvalue weighted by molar-refractivity contribution is 6.03. The van der Waals surface area contributed by atoms with Gasteiger partial charge in [-0.05, 0) is 11.6 Å². The summed E-state index contributed by atoms with van der Waals surface area (Å²) >= 11 is 0. The summed E-state index contributed by atoms with van der Waals surface area (Å²) < 4.78 is 0. The Morgan fingerprint density at radius 1 is 1.17 bits per heavy atom. The smallest absolute Gasteiger partial charge is 0.253 e. The molecule has 0 saturated carbocycles. The van der Waals surface area contributed by atoms with Crippen molar-refractivity contribution in [3.8, 4) is 0 Å². The van der Waals surface area contributed by atoms with Gasteiger partial charge in [0.05, 0.1) is 0 Å². The van der Waals surface area contributed by atoms with Gasteiger partial charge in [0.2, 0.25) is 5.96 Å². The van der Waals surface area contributed by atoms with Crippen molar-refractivity contribution in [2.75, 3.05) is 28.2 Å². The van der Waals surface area contributed by atoms with Crippen LogP contribution in [0.2, 0.25) is 0 Å². The molecule has 4 heteroatoms. The van der Waals surface area contributed by atoms with Gasteiger partial charge in [-0.25, -0.2) is 0 Å². The lowest BCUT2D eigenvalue weighted by atomic mass is 10.2. The molecule has 0 radical (unpaired) electrons. The van der Waals surface area contributed by atoms with E-state index in [2.05, 4.69) is 4.99 Å². The van der Waals surface area contributed by atoms with Gasteiger partial charge in [0.15, 0.2) is 0 Å². The van der Waals surface area contributed by atoms with Gasteiger partial charge >= 0.3 is 0 Å². The summed E-state index contributed by atoms with van der Waals surface area (Å²) in [4.78, 5) is 19.3. The first-order chi connectivity index (χ1) is 8.56. The molecule has 1 rings (SSSR count). The number of hydrogen-bond acceptors (Lipinski definition) is 2. The molecule has 0 fully saturated rings. The molecule has 0 atom stereocenters. The molecule has 1 amide bonds. The molecule has 0 aliphatic carbocycles.